The number of phenols is 1. The second-order valence-electron chi connectivity index (χ2n) is 1.93. The smallest absolute Gasteiger partial charge is 0.211 e. The molecule has 0 bridgehead atoms. The van der Waals surface area contributed by atoms with Gasteiger partial charge in [0, 0.05) is 6.07 Å². The Morgan fingerprint density at radius 1 is 1.55 bits per heavy atom. The summed E-state index contributed by atoms with van der Waals surface area (Å²) in [6.07, 6.45) is 0.370. The molecule has 4 heteroatoms. The Morgan fingerprint density at radius 3 is 2.82 bits per heavy atom. The zero-order valence-electron chi connectivity index (χ0n) is 5.54. The number of anilines is 1. The van der Waals surface area contributed by atoms with Crippen molar-refractivity contribution in [3.05, 3.63) is 24.0 Å². The van der Waals surface area contributed by atoms with Crippen LogP contribution in [-0.4, -0.2) is 11.5 Å². The predicted octanol–water partition coefficient (Wildman–Crippen LogP) is 1.10. The summed E-state index contributed by atoms with van der Waals surface area (Å²) in [6.45, 7) is 0. The highest BCUT2D eigenvalue weighted by Crippen LogP contribution is 2.18. The van der Waals surface area contributed by atoms with Crippen LogP contribution in [0.1, 0.15) is 0 Å². The molecule has 1 rings (SSSR count). The lowest BCUT2D eigenvalue weighted by molar-refractivity contribution is -0.105. The van der Waals surface area contributed by atoms with E-state index in [9.17, 15) is 9.18 Å². The lowest BCUT2D eigenvalue weighted by Crippen LogP contribution is -1.95. The molecule has 0 spiro atoms. The van der Waals surface area contributed by atoms with Gasteiger partial charge in [0.05, 0.1) is 5.69 Å². The Kier molecular flexibility index (Phi) is 2.06. The molecule has 0 fully saturated rings. The molecule has 0 atom stereocenters. The van der Waals surface area contributed by atoms with Crippen LogP contribution >= 0.6 is 0 Å². The van der Waals surface area contributed by atoms with Crippen LogP contribution in [0.2, 0.25) is 0 Å². The zero-order valence-corrected chi connectivity index (χ0v) is 5.54. The number of nitrogens with one attached hydrogen (secondary N) is 1. The van der Waals surface area contributed by atoms with Crippen LogP contribution in [0.3, 0.4) is 0 Å². The molecule has 11 heavy (non-hydrogen) atoms. The molecule has 0 heterocycles. The second-order valence-corrected chi connectivity index (χ2v) is 1.93. The summed E-state index contributed by atoms with van der Waals surface area (Å²) < 4.78 is 12.7. The van der Waals surface area contributed by atoms with Crippen molar-refractivity contribution < 1.29 is 14.3 Å². The Bertz CT molecular complexity index is 275. The molecule has 0 aromatic heterocycles. The average Bonchev–Trinajstić information content (AvgIpc) is 1.95. The topological polar surface area (TPSA) is 49.3 Å². The van der Waals surface area contributed by atoms with Crippen LogP contribution in [0.15, 0.2) is 18.2 Å². The highest BCUT2D eigenvalue weighted by atomic mass is 19.1. The first-order valence-electron chi connectivity index (χ1n) is 2.93. The molecule has 0 radical (unpaired) electrons. The van der Waals surface area contributed by atoms with Gasteiger partial charge in [-0.25, -0.2) is 4.39 Å². The van der Waals surface area contributed by atoms with Crippen LogP contribution in [-0.2, 0) is 4.79 Å². The number of hydrogen-bond donors (Lipinski definition) is 2. The number of hydrogen-bond acceptors (Lipinski definition) is 2. The van der Waals surface area contributed by atoms with Crippen molar-refractivity contribution in [2.75, 3.05) is 5.32 Å². The Morgan fingerprint density at radius 2 is 2.27 bits per heavy atom. The number of benzene rings is 1. The number of aromatic hydroxyl groups is 1. The van der Waals surface area contributed by atoms with Crippen molar-refractivity contribution in [3.63, 3.8) is 0 Å². The van der Waals surface area contributed by atoms with Gasteiger partial charge in [0.2, 0.25) is 6.41 Å². The first-order chi connectivity index (χ1) is 5.24. The standard InChI is InChI=1S/C7H6FNO2/c8-6-3-5(11)1-2-7(6)9-4-10/h1-4,11H,(H,9,10). The first-order valence-corrected chi connectivity index (χ1v) is 2.93. The van der Waals surface area contributed by atoms with Crippen LogP contribution in [0.4, 0.5) is 10.1 Å². The lowest BCUT2D eigenvalue weighted by atomic mass is 10.3. The van der Waals surface area contributed by atoms with Gasteiger partial charge in [-0.15, -0.1) is 0 Å². The molecule has 0 aliphatic heterocycles. The summed E-state index contributed by atoms with van der Waals surface area (Å²) in [4.78, 5) is 9.87. The molecule has 1 aromatic rings. The van der Waals surface area contributed by atoms with Gasteiger partial charge in [-0.05, 0) is 12.1 Å². The van der Waals surface area contributed by atoms with Gasteiger partial charge in [0.15, 0.2) is 0 Å². The third kappa shape index (κ3) is 1.67. The quantitative estimate of drug-likeness (QED) is 0.496. The summed E-state index contributed by atoms with van der Waals surface area (Å²) >= 11 is 0. The summed E-state index contributed by atoms with van der Waals surface area (Å²) in [7, 11) is 0. The van der Waals surface area contributed by atoms with E-state index in [-0.39, 0.29) is 11.4 Å². The molecular formula is C7H6FNO2. The minimum atomic E-state index is -0.655. The number of rotatable bonds is 2. The normalized spacial score (nSPS) is 9.18. The molecule has 0 aliphatic rings. The number of phenolic OH excluding ortho intramolecular Hbond substituents is 1. The van der Waals surface area contributed by atoms with E-state index in [0.29, 0.717) is 6.41 Å². The van der Waals surface area contributed by atoms with Crippen LogP contribution in [0.25, 0.3) is 0 Å². The maximum absolute atomic E-state index is 12.7. The molecule has 1 amide bonds. The maximum atomic E-state index is 12.7. The third-order valence-electron chi connectivity index (χ3n) is 1.17. The minimum absolute atomic E-state index is 0.0535. The average molecular weight is 155 g/mol. The number of carbonyl (C=O) groups is 1. The van der Waals surface area contributed by atoms with Gasteiger partial charge < -0.3 is 10.4 Å². The number of carbonyl (C=O) groups excluding carboxylic acids is 1. The fourth-order valence-corrected chi connectivity index (χ4v) is 0.685. The Hall–Kier alpha value is -1.58. The van der Waals surface area contributed by atoms with Crippen LogP contribution in [0, 0.1) is 5.82 Å². The van der Waals surface area contributed by atoms with Gasteiger partial charge >= 0.3 is 0 Å². The van der Waals surface area contributed by atoms with E-state index < -0.39 is 5.82 Å². The molecule has 1 aromatic carbocycles. The van der Waals surface area contributed by atoms with E-state index in [4.69, 9.17) is 5.11 Å². The molecule has 2 N–H and O–H groups in total. The van der Waals surface area contributed by atoms with E-state index in [0.717, 1.165) is 6.07 Å². The summed E-state index contributed by atoms with van der Waals surface area (Å²) in [6, 6.07) is 3.49. The summed E-state index contributed by atoms with van der Waals surface area (Å²) in [5.74, 6) is -0.823. The second kappa shape index (κ2) is 3.01. The molecule has 3 nitrogen and oxygen atoms in total. The van der Waals surface area contributed by atoms with E-state index in [1.165, 1.54) is 12.1 Å². The fraction of sp³-hybridized carbons (Fsp3) is 0. The van der Waals surface area contributed by atoms with E-state index >= 15 is 0 Å². The number of halogens is 1. The van der Waals surface area contributed by atoms with Gasteiger partial charge in [0.1, 0.15) is 11.6 Å². The number of amides is 1. The van der Waals surface area contributed by atoms with Crippen molar-refractivity contribution in [2.24, 2.45) is 0 Å². The highest BCUT2D eigenvalue weighted by molar-refractivity contribution is 5.71. The Labute approximate surface area is 62.5 Å². The molecule has 0 saturated heterocycles. The Balaban J connectivity index is 2.98. The van der Waals surface area contributed by atoms with Crippen molar-refractivity contribution in [2.45, 2.75) is 0 Å². The van der Waals surface area contributed by atoms with Gasteiger partial charge in [-0.3, -0.25) is 4.79 Å². The van der Waals surface area contributed by atoms with Crippen molar-refractivity contribution >= 4 is 12.1 Å². The van der Waals surface area contributed by atoms with E-state index in [1.54, 1.807) is 0 Å². The summed E-state index contributed by atoms with van der Waals surface area (Å²) in [5, 5.41) is 10.9. The maximum Gasteiger partial charge on any atom is 0.211 e. The van der Waals surface area contributed by atoms with Crippen molar-refractivity contribution in [3.8, 4) is 5.75 Å². The SMILES string of the molecule is O=CNc1ccc(O)cc1F. The van der Waals surface area contributed by atoms with E-state index in [1.807, 2.05) is 0 Å². The summed E-state index contributed by atoms with van der Waals surface area (Å²) in [5.41, 5.74) is 0.0535. The van der Waals surface area contributed by atoms with E-state index in [2.05, 4.69) is 5.32 Å². The monoisotopic (exact) mass is 155 g/mol. The molecule has 0 saturated carbocycles. The first kappa shape index (κ1) is 7.53. The molecule has 0 unspecified atom stereocenters. The zero-order chi connectivity index (χ0) is 8.27. The minimum Gasteiger partial charge on any atom is -0.508 e. The van der Waals surface area contributed by atoms with Gasteiger partial charge in [0.25, 0.3) is 0 Å². The highest BCUT2D eigenvalue weighted by Gasteiger charge is 2.00. The fourth-order valence-electron chi connectivity index (χ4n) is 0.685. The van der Waals surface area contributed by atoms with Crippen LogP contribution < -0.4 is 5.32 Å². The van der Waals surface area contributed by atoms with Gasteiger partial charge in [-0.2, -0.15) is 0 Å². The predicted molar refractivity (Wildman–Crippen MR) is 37.8 cm³/mol. The third-order valence-corrected chi connectivity index (χ3v) is 1.17. The molecule has 58 valence electrons. The van der Waals surface area contributed by atoms with Crippen LogP contribution in [0.5, 0.6) is 5.75 Å². The lowest BCUT2D eigenvalue weighted by Gasteiger charge is -1.99. The van der Waals surface area contributed by atoms with Gasteiger partial charge in [-0.1, -0.05) is 0 Å². The largest absolute Gasteiger partial charge is 0.508 e. The molecular weight excluding hydrogens is 149 g/mol. The van der Waals surface area contributed by atoms with Crippen molar-refractivity contribution in [1.82, 2.24) is 0 Å². The molecule has 0 aliphatic carbocycles. The van der Waals surface area contributed by atoms with Crippen molar-refractivity contribution in [1.29, 1.82) is 0 Å².